The number of benzene rings is 2. The average molecular weight is 480 g/mol. The second-order valence-corrected chi connectivity index (χ2v) is 9.74. The zero-order valence-corrected chi connectivity index (χ0v) is 19.9. The van der Waals surface area contributed by atoms with Crippen LogP contribution in [-0.4, -0.2) is 52.5 Å². The van der Waals surface area contributed by atoms with E-state index < -0.39 is 21.9 Å². The van der Waals surface area contributed by atoms with Crippen molar-refractivity contribution in [2.75, 3.05) is 38.2 Å². The fraction of sp³-hybridized carbons (Fsp3) is 0.435. The molecule has 2 aromatic rings. The van der Waals surface area contributed by atoms with Crippen molar-refractivity contribution < 1.29 is 27.1 Å². The van der Waals surface area contributed by atoms with Gasteiger partial charge in [-0.1, -0.05) is 6.07 Å². The van der Waals surface area contributed by atoms with Gasteiger partial charge in [0.05, 0.1) is 25.3 Å². The van der Waals surface area contributed by atoms with E-state index in [1.54, 1.807) is 19.2 Å². The third-order valence-corrected chi connectivity index (χ3v) is 7.50. The number of hydrogen-bond acceptors (Lipinski definition) is 5. The van der Waals surface area contributed by atoms with Gasteiger partial charge in [-0.2, -0.15) is 12.7 Å². The molecule has 1 atom stereocenters. The molecule has 0 aliphatic carbocycles. The minimum atomic E-state index is -3.85. The van der Waals surface area contributed by atoms with E-state index in [1.807, 2.05) is 13.0 Å². The summed E-state index contributed by atoms with van der Waals surface area (Å²) in [5.41, 5.74) is 1.20. The van der Waals surface area contributed by atoms with Crippen LogP contribution in [0.1, 0.15) is 25.3 Å². The topological polar surface area (TPSA) is 88.2 Å². The van der Waals surface area contributed by atoms with Crippen LogP contribution in [0.4, 0.5) is 10.1 Å². The highest BCUT2D eigenvalue weighted by molar-refractivity contribution is 7.90. The molecule has 1 saturated heterocycles. The lowest BCUT2D eigenvalue weighted by Crippen LogP contribution is -2.49. The smallest absolute Gasteiger partial charge is 0.303 e. The van der Waals surface area contributed by atoms with E-state index in [2.05, 4.69) is 5.32 Å². The molecule has 1 aliphatic heterocycles. The van der Waals surface area contributed by atoms with Crippen LogP contribution in [0.15, 0.2) is 42.5 Å². The molecule has 10 heteroatoms. The van der Waals surface area contributed by atoms with Crippen LogP contribution in [0.2, 0.25) is 0 Å². The number of anilines is 1. The highest BCUT2D eigenvalue weighted by atomic mass is 32.2. The summed E-state index contributed by atoms with van der Waals surface area (Å²) in [6.07, 6.45) is 1.18. The average Bonchev–Trinajstić information content (AvgIpc) is 2.83. The lowest BCUT2D eigenvalue weighted by atomic mass is 9.98. The first-order chi connectivity index (χ1) is 15.8. The number of nitrogens with zero attached hydrogens (tertiary/aromatic N) is 2. The van der Waals surface area contributed by atoms with Crippen LogP contribution in [0.5, 0.6) is 11.5 Å². The van der Waals surface area contributed by atoms with Gasteiger partial charge in [-0.05, 0) is 61.7 Å². The van der Waals surface area contributed by atoms with Gasteiger partial charge in [0, 0.05) is 26.7 Å². The molecule has 1 heterocycles. The Kier molecular flexibility index (Phi) is 8.15. The number of halogens is 1. The number of methoxy groups -OCH3 is 1. The van der Waals surface area contributed by atoms with Gasteiger partial charge >= 0.3 is 10.2 Å². The molecule has 33 heavy (non-hydrogen) atoms. The number of hydrogen-bond donors (Lipinski definition) is 1. The monoisotopic (exact) mass is 479 g/mol. The van der Waals surface area contributed by atoms with Gasteiger partial charge in [0.25, 0.3) is 0 Å². The van der Waals surface area contributed by atoms with E-state index in [0.717, 1.165) is 9.87 Å². The van der Waals surface area contributed by atoms with Gasteiger partial charge in [0.2, 0.25) is 5.91 Å². The normalized spacial score (nSPS) is 16.8. The summed E-state index contributed by atoms with van der Waals surface area (Å²) in [4.78, 5) is 12.8. The zero-order valence-electron chi connectivity index (χ0n) is 19.1. The maximum atomic E-state index is 13.2. The summed E-state index contributed by atoms with van der Waals surface area (Å²) < 4.78 is 52.6. The van der Waals surface area contributed by atoms with Gasteiger partial charge in [0.1, 0.15) is 5.82 Å². The summed E-state index contributed by atoms with van der Waals surface area (Å²) in [7, 11) is -0.869. The standard InChI is InChI=1S/C23H30FN3O5S/c1-4-32-21-12-7-17(14-22(21)31-3)15-25-23(28)18-6-5-13-27(16-18)33(29,30)26(2)20-10-8-19(24)9-11-20/h7-12,14,18H,4-6,13,15-16H2,1-3H3,(H,25,28)/t18-/m0/s1. The van der Waals surface area contributed by atoms with Crippen LogP contribution in [0.3, 0.4) is 0 Å². The number of nitrogens with one attached hydrogen (secondary N) is 1. The molecule has 1 amide bonds. The second-order valence-electron chi connectivity index (χ2n) is 7.78. The van der Waals surface area contributed by atoms with Gasteiger partial charge < -0.3 is 14.8 Å². The molecule has 0 saturated carbocycles. The molecular formula is C23H30FN3O5S. The van der Waals surface area contributed by atoms with Crippen LogP contribution in [0, 0.1) is 11.7 Å². The van der Waals surface area contributed by atoms with Crippen molar-refractivity contribution in [2.45, 2.75) is 26.3 Å². The van der Waals surface area contributed by atoms with Crippen LogP contribution in [-0.2, 0) is 21.5 Å². The predicted octanol–water partition coefficient (Wildman–Crippen LogP) is 2.94. The fourth-order valence-electron chi connectivity index (χ4n) is 3.75. The van der Waals surface area contributed by atoms with Gasteiger partial charge in [0.15, 0.2) is 11.5 Å². The van der Waals surface area contributed by atoms with E-state index in [1.165, 1.54) is 35.6 Å². The van der Waals surface area contributed by atoms with E-state index in [0.29, 0.717) is 49.7 Å². The summed E-state index contributed by atoms with van der Waals surface area (Å²) in [5.74, 6) is 0.118. The molecule has 0 radical (unpaired) electrons. The van der Waals surface area contributed by atoms with Crippen molar-refractivity contribution in [3.05, 3.63) is 53.8 Å². The van der Waals surface area contributed by atoms with E-state index in [9.17, 15) is 17.6 Å². The molecule has 0 spiro atoms. The molecule has 0 aromatic heterocycles. The molecule has 1 fully saturated rings. The first-order valence-electron chi connectivity index (χ1n) is 10.8. The number of carbonyl (C=O) groups is 1. The highest BCUT2D eigenvalue weighted by Gasteiger charge is 2.34. The number of piperidine rings is 1. The summed E-state index contributed by atoms with van der Waals surface area (Å²) >= 11 is 0. The van der Waals surface area contributed by atoms with Crippen molar-refractivity contribution in [1.82, 2.24) is 9.62 Å². The molecule has 8 nitrogen and oxygen atoms in total. The molecule has 180 valence electrons. The lowest BCUT2D eigenvalue weighted by molar-refractivity contribution is -0.126. The minimum Gasteiger partial charge on any atom is -0.493 e. The molecule has 0 bridgehead atoms. The zero-order chi connectivity index (χ0) is 24.0. The Hall–Kier alpha value is -2.85. The Morgan fingerprint density at radius 3 is 2.61 bits per heavy atom. The molecule has 3 rings (SSSR count). The van der Waals surface area contributed by atoms with Gasteiger partial charge in [-0.25, -0.2) is 4.39 Å². The van der Waals surface area contributed by atoms with Gasteiger partial charge in [-0.15, -0.1) is 0 Å². The number of ether oxygens (including phenoxy) is 2. The first-order valence-corrected chi connectivity index (χ1v) is 12.2. The van der Waals surface area contributed by atoms with E-state index >= 15 is 0 Å². The van der Waals surface area contributed by atoms with Crippen LogP contribution in [0.25, 0.3) is 0 Å². The molecule has 1 N–H and O–H groups in total. The summed E-state index contributed by atoms with van der Waals surface area (Å²) in [5, 5.41) is 2.90. The van der Waals surface area contributed by atoms with Crippen molar-refractivity contribution in [3.63, 3.8) is 0 Å². The predicted molar refractivity (Wildman–Crippen MR) is 124 cm³/mol. The highest BCUT2D eigenvalue weighted by Crippen LogP contribution is 2.28. The number of carbonyl (C=O) groups excluding carboxylic acids is 1. The fourth-order valence-corrected chi connectivity index (χ4v) is 5.22. The Bertz CT molecular complexity index is 1060. The quantitative estimate of drug-likeness (QED) is 0.598. The van der Waals surface area contributed by atoms with Crippen molar-refractivity contribution in [3.8, 4) is 11.5 Å². The van der Waals surface area contributed by atoms with Crippen molar-refractivity contribution in [1.29, 1.82) is 0 Å². The SMILES string of the molecule is CCOc1ccc(CNC(=O)[C@H]2CCCN(S(=O)(=O)N(C)c3ccc(F)cc3)C2)cc1OC. The molecular weight excluding hydrogens is 449 g/mol. The van der Waals surface area contributed by atoms with Crippen molar-refractivity contribution in [2.24, 2.45) is 5.92 Å². The van der Waals surface area contributed by atoms with Crippen molar-refractivity contribution >= 4 is 21.8 Å². The third kappa shape index (κ3) is 5.94. The second kappa shape index (κ2) is 10.8. The Morgan fingerprint density at radius 1 is 1.21 bits per heavy atom. The minimum absolute atomic E-state index is 0.0896. The lowest BCUT2D eigenvalue weighted by Gasteiger charge is -2.34. The maximum Gasteiger partial charge on any atom is 0.303 e. The Balaban J connectivity index is 1.62. The first kappa shape index (κ1) is 24.8. The summed E-state index contributed by atoms with van der Waals surface area (Å²) in [6.45, 7) is 3.11. The number of amides is 1. The number of rotatable bonds is 9. The molecule has 0 unspecified atom stereocenters. The van der Waals surface area contributed by atoms with Gasteiger partial charge in [-0.3, -0.25) is 9.10 Å². The largest absolute Gasteiger partial charge is 0.493 e. The maximum absolute atomic E-state index is 13.2. The summed E-state index contributed by atoms with van der Waals surface area (Å²) in [6, 6.07) is 10.7. The van der Waals surface area contributed by atoms with Crippen LogP contribution >= 0.6 is 0 Å². The third-order valence-electron chi connectivity index (χ3n) is 5.61. The molecule has 1 aliphatic rings. The Labute approximate surface area is 194 Å². The van der Waals surface area contributed by atoms with E-state index in [-0.39, 0.29) is 12.5 Å². The molecule has 2 aromatic carbocycles. The van der Waals surface area contributed by atoms with E-state index in [4.69, 9.17) is 9.47 Å². The van der Waals surface area contributed by atoms with Crippen LogP contribution < -0.4 is 19.1 Å². The Morgan fingerprint density at radius 2 is 1.94 bits per heavy atom.